The van der Waals surface area contributed by atoms with Gasteiger partial charge in [0.05, 0.1) is 18.7 Å². The number of thioether (sulfide) groups is 1. The van der Waals surface area contributed by atoms with Crippen LogP contribution in [0.4, 0.5) is 0 Å². The van der Waals surface area contributed by atoms with E-state index in [1.165, 1.54) is 25.7 Å². The lowest BCUT2D eigenvalue weighted by Crippen LogP contribution is -2.39. The fourth-order valence-electron chi connectivity index (χ4n) is 2.24. The molecular weight excluding hydrogens is 208 g/mol. The van der Waals surface area contributed by atoms with Crippen LogP contribution in [-0.4, -0.2) is 36.2 Å². The summed E-state index contributed by atoms with van der Waals surface area (Å²) in [5, 5.41) is 5.36. The zero-order valence-corrected chi connectivity index (χ0v) is 10.3. The summed E-state index contributed by atoms with van der Waals surface area (Å²) in [6.45, 7) is 3.21. The lowest BCUT2D eigenvalue weighted by molar-refractivity contribution is 0.0910. The number of nitrogens with zero attached hydrogens (tertiary/aromatic N) is 1. The number of hydrogen-bond acceptors (Lipinski definition) is 4. The van der Waals surface area contributed by atoms with Gasteiger partial charge in [0.25, 0.3) is 0 Å². The molecule has 1 N–H and O–H groups in total. The fourth-order valence-corrected chi connectivity index (χ4v) is 3.24. The third kappa shape index (κ3) is 2.67. The van der Waals surface area contributed by atoms with Crippen LogP contribution in [0.15, 0.2) is 4.99 Å². The lowest BCUT2D eigenvalue weighted by Gasteiger charge is -2.20. The maximum atomic E-state index is 5.46. The first-order valence-electron chi connectivity index (χ1n) is 5.84. The molecule has 0 aromatic heterocycles. The van der Waals surface area contributed by atoms with Crippen LogP contribution in [0.25, 0.3) is 0 Å². The van der Waals surface area contributed by atoms with E-state index in [0.29, 0.717) is 17.4 Å². The van der Waals surface area contributed by atoms with E-state index >= 15 is 0 Å². The Labute approximate surface area is 96.1 Å². The monoisotopic (exact) mass is 228 g/mol. The van der Waals surface area contributed by atoms with Crippen molar-refractivity contribution in [3.63, 3.8) is 0 Å². The number of ether oxygens (including phenoxy) is 1. The maximum Gasteiger partial charge on any atom is 0.157 e. The fraction of sp³-hybridized carbons (Fsp3) is 0.909. The SMILES string of the molecule is CCC1CN=C(NC2CCCC2OC)S1. The van der Waals surface area contributed by atoms with Crippen molar-refractivity contribution in [2.45, 2.75) is 50.0 Å². The van der Waals surface area contributed by atoms with Crippen LogP contribution in [-0.2, 0) is 4.74 Å². The van der Waals surface area contributed by atoms with Crippen molar-refractivity contribution >= 4 is 16.9 Å². The molecule has 0 saturated heterocycles. The van der Waals surface area contributed by atoms with Crippen molar-refractivity contribution < 1.29 is 4.74 Å². The Hall–Kier alpha value is -0.220. The predicted octanol–water partition coefficient (Wildman–Crippen LogP) is 2.02. The van der Waals surface area contributed by atoms with Crippen molar-refractivity contribution in [1.82, 2.24) is 5.32 Å². The number of nitrogens with one attached hydrogen (secondary N) is 1. The largest absolute Gasteiger partial charge is 0.379 e. The minimum Gasteiger partial charge on any atom is -0.379 e. The van der Waals surface area contributed by atoms with E-state index in [2.05, 4.69) is 17.2 Å². The highest BCUT2D eigenvalue weighted by Gasteiger charge is 2.29. The normalized spacial score (nSPS) is 35.6. The van der Waals surface area contributed by atoms with Gasteiger partial charge >= 0.3 is 0 Å². The summed E-state index contributed by atoms with van der Waals surface area (Å²) < 4.78 is 5.46. The summed E-state index contributed by atoms with van der Waals surface area (Å²) in [5.74, 6) is 0. The van der Waals surface area contributed by atoms with E-state index < -0.39 is 0 Å². The molecule has 1 saturated carbocycles. The Morgan fingerprint density at radius 3 is 3.07 bits per heavy atom. The highest BCUT2D eigenvalue weighted by atomic mass is 32.2. The van der Waals surface area contributed by atoms with E-state index in [9.17, 15) is 0 Å². The molecule has 3 nitrogen and oxygen atoms in total. The van der Waals surface area contributed by atoms with E-state index in [1.807, 2.05) is 18.9 Å². The minimum atomic E-state index is 0.383. The predicted molar refractivity (Wildman–Crippen MR) is 65.5 cm³/mol. The first kappa shape index (κ1) is 11.3. The molecule has 0 aromatic carbocycles. The molecule has 0 radical (unpaired) electrons. The zero-order valence-electron chi connectivity index (χ0n) is 9.53. The summed E-state index contributed by atoms with van der Waals surface area (Å²) >= 11 is 1.89. The smallest absolute Gasteiger partial charge is 0.157 e. The Kier molecular flexibility index (Phi) is 3.92. The molecule has 2 aliphatic rings. The third-order valence-corrected chi connectivity index (χ3v) is 4.52. The standard InChI is InChI=1S/C11H20N2OS/c1-3-8-7-12-11(15-8)13-9-5-4-6-10(9)14-2/h8-10H,3-7H2,1-2H3,(H,12,13). The molecule has 15 heavy (non-hydrogen) atoms. The van der Waals surface area contributed by atoms with Gasteiger partial charge in [-0.1, -0.05) is 18.7 Å². The summed E-state index contributed by atoms with van der Waals surface area (Å²) in [4.78, 5) is 4.53. The second-order valence-corrected chi connectivity index (χ2v) is 5.54. The van der Waals surface area contributed by atoms with E-state index in [-0.39, 0.29) is 0 Å². The highest BCUT2D eigenvalue weighted by Crippen LogP contribution is 2.26. The highest BCUT2D eigenvalue weighted by molar-refractivity contribution is 8.14. The first-order chi connectivity index (χ1) is 7.33. The van der Waals surface area contributed by atoms with E-state index in [1.54, 1.807) is 0 Å². The van der Waals surface area contributed by atoms with Gasteiger partial charge in [-0.05, 0) is 25.7 Å². The Morgan fingerprint density at radius 2 is 2.40 bits per heavy atom. The number of rotatable bonds is 3. The summed E-state index contributed by atoms with van der Waals surface area (Å²) in [6, 6.07) is 0.483. The topological polar surface area (TPSA) is 33.6 Å². The Balaban J connectivity index is 1.82. The van der Waals surface area contributed by atoms with Crippen LogP contribution in [0.3, 0.4) is 0 Å². The van der Waals surface area contributed by atoms with Crippen molar-refractivity contribution in [3.05, 3.63) is 0 Å². The van der Waals surface area contributed by atoms with Gasteiger partial charge in [-0.3, -0.25) is 4.99 Å². The molecule has 0 aromatic rings. The molecule has 3 unspecified atom stereocenters. The van der Waals surface area contributed by atoms with Gasteiger partial charge in [0.15, 0.2) is 5.17 Å². The summed E-state index contributed by atoms with van der Waals surface area (Å²) in [7, 11) is 1.81. The van der Waals surface area contributed by atoms with E-state index in [0.717, 1.165) is 11.7 Å². The molecule has 1 aliphatic heterocycles. The van der Waals surface area contributed by atoms with Crippen molar-refractivity contribution in [3.8, 4) is 0 Å². The molecule has 1 aliphatic carbocycles. The summed E-state index contributed by atoms with van der Waals surface area (Å²) in [5.41, 5.74) is 0. The van der Waals surface area contributed by atoms with Gasteiger partial charge in [-0.25, -0.2) is 0 Å². The first-order valence-corrected chi connectivity index (χ1v) is 6.72. The number of aliphatic imine (C=N–C) groups is 1. The molecule has 1 heterocycles. The average Bonchev–Trinajstić information content (AvgIpc) is 2.87. The maximum absolute atomic E-state index is 5.46. The molecular formula is C11H20N2OS. The molecule has 2 rings (SSSR count). The van der Waals surface area contributed by atoms with E-state index in [4.69, 9.17) is 4.74 Å². The van der Waals surface area contributed by atoms with Crippen molar-refractivity contribution in [1.29, 1.82) is 0 Å². The van der Waals surface area contributed by atoms with Crippen molar-refractivity contribution in [2.75, 3.05) is 13.7 Å². The number of amidine groups is 1. The number of hydrogen-bond donors (Lipinski definition) is 1. The van der Waals surface area contributed by atoms with Gasteiger partial charge in [0, 0.05) is 12.4 Å². The Bertz CT molecular complexity index is 245. The van der Waals surface area contributed by atoms with Crippen LogP contribution < -0.4 is 5.32 Å². The van der Waals surface area contributed by atoms with Crippen LogP contribution in [0.1, 0.15) is 32.6 Å². The van der Waals surface area contributed by atoms with Crippen molar-refractivity contribution in [2.24, 2.45) is 4.99 Å². The molecule has 86 valence electrons. The molecule has 1 fully saturated rings. The molecule has 0 bridgehead atoms. The molecule has 0 spiro atoms. The molecule has 4 heteroatoms. The third-order valence-electron chi connectivity index (χ3n) is 3.24. The van der Waals surface area contributed by atoms with Gasteiger partial charge < -0.3 is 10.1 Å². The molecule has 0 amide bonds. The van der Waals surface area contributed by atoms with Gasteiger partial charge in [-0.2, -0.15) is 0 Å². The zero-order chi connectivity index (χ0) is 10.7. The number of methoxy groups -OCH3 is 1. The Morgan fingerprint density at radius 1 is 1.53 bits per heavy atom. The van der Waals surface area contributed by atoms with Crippen LogP contribution in [0, 0.1) is 0 Å². The van der Waals surface area contributed by atoms with Crippen LogP contribution in [0.5, 0.6) is 0 Å². The van der Waals surface area contributed by atoms with Crippen LogP contribution in [0.2, 0.25) is 0 Å². The summed E-state index contributed by atoms with van der Waals surface area (Å²) in [6.07, 6.45) is 5.26. The van der Waals surface area contributed by atoms with Crippen LogP contribution >= 0.6 is 11.8 Å². The van der Waals surface area contributed by atoms with Gasteiger partial charge in [-0.15, -0.1) is 0 Å². The average molecular weight is 228 g/mol. The van der Waals surface area contributed by atoms with Gasteiger partial charge in [0.1, 0.15) is 0 Å². The molecule has 3 atom stereocenters. The lowest BCUT2D eigenvalue weighted by atomic mass is 10.2. The minimum absolute atomic E-state index is 0.383. The van der Waals surface area contributed by atoms with Gasteiger partial charge in [0.2, 0.25) is 0 Å². The second-order valence-electron chi connectivity index (χ2n) is 4.25. The second kappa shape index (κ2) is 5.21. The quantitative estimate of drug-likeness (QED) is 0.802.